The molecule has 0 aliphatic carbocycles. The van der Waals surface area contributed by atoms with Crippen molar-refractivity contribution in [1.29, 1.82) is 0 Å². The van der Waals surface area contributed by atoms with E-state index >= 15 is 0 Å². The molecule has 1 heterocycles. The third-order valence-electron chi connectivity index (χ3n) is 3.01. The summed E-state index contributed by atoms with van der Waals surface area (Å²) in [5.74, 6) is 0.544. The van der Waals surface area contributed by atoms with Gasteiger partial charge in [0.1, 0.15) is 5.75 Å². The Morgan fingerprint density at radius 1 is 1.38 bits per heavy atom. The summed E-state index contributed by atoms with van der Waals surface area (Å²) in [6.07, 6.45) is 3.63. The van der Waals surface area contributed by atoms with Crippen LogP contribution in [0.4, 0.5) is 5.69 Å². The molecule has 0 saturated heterocycles. The minimum atomic E-state index is -0.105. The van der Waals surface area contributed by atoms with Crippen molar-refractivity contribution < 1.29 is 9.53 Å². The van der Waals surface area contributed by atoms with Gasteiger partial charge in [0.25, 0.3) is 0 Å². The maximum absolute atomic E-state index is 11.9. The molecule has 2 N–H and O–H groups in total. The number of hydrogen-bond donors (Lipinski definition) is 2. The van der Waals surface area contributed by atoms with Crippen molar-refractivity contribution in [3.63, 3.8) is 0 Å². The highest BCUT2D eigenvalue weighted by molar-refractivity contribution is 5.93. The Balaban J connectivity index is 1.79. The Bertz CT molecular complexity index is 569. The Hall–Kier alpha value is -2.34. The lowest BCUT2D eigenvalue weighted by Crippen LogP contribution is -2.37. The smallest absolute Gasteiger partial charge is 0.238 e. The predicted octanol–water partition coefficient (Wildman–Crippen LogP) is 1.51. The minimum Gasteiger partial charge on any atom is -0.495 e. The molecule has 0 fully saturated rings. The van der Waals surface area contributed by atoms with Crippen molar-refractivity contribution in [2.75, 3.05) is 19.0 Å². The molecular weight excluding hydrogens is 268 g/mol. The molecule has 112 valence electrons. The number of methoxy groups -OCH3 is 1. The molecule has 1 atom stereocenters. The van der Waals surface area contributed by atoms with E-state index < -0.39 is 0 Å². The van der Waals surface area contributed by atoms with E-state index in [1.165, 1.54) is 0 Å². The van der Waals surface area contributed by atoms with Crippen LogP contribution in [0.25, 0.3) is 0 Å². The van der Waals surface area contributed by atoms with E-state index in [0.717, 1.165) is 6.54 Å². The van der Waals surface area contributed by atoms with Crippen molar-refractivity contribution in [3.05, 3.63) is 42.7 Å². The standard InChI is InChI=1S/C15H20N4O2/c1-12(11-19-9-5-8-17-19)16-10-15(20)18-13-6-3-4-7-14(13)21-2/h3-9,12,16H,10-11H2,1-2H3,(H,18,20). The van der Waals surface area contributed by atoms with Crippen molar-refractivity contribution in [3.8, 4) is 5.75 Å². The third kappa shape index (κ3) is 4.61. The number of amides is 1. The van der Waals surface area contributed by atoms with Gasteiger partial charge >= 0.3 is 0 Å². The van der Waals surface area contributed by atoms with Gasteiger partial charge in [-0.2, -0.15) is 5.10 Å². The zero-order chi connectivity index (χ0) is 15.1. The first-order valence-corrected chi connectivity index (χ1v) is 6.82. The maximum atomic E-state index is 11.9. The average molecular weight is 288 g/mol. The number of hydrogen-bond acceptors (Lipinski definition) is 4. The van der Waals surface area contributed by atoms with Crippen molar-refractivity contribution in [2.24, 2.45) is 0 Å². The second-order valence-corrected chi connectivity index (χ2v) is 4.76. The summed E-state index contributed by atoms with van der Waals surface area (Å²) in [5, 5.41) is 10.1. The molecule has 0 saturated carbocycles. The molecule has 1 aromatic carbocycles. The molecule has 6 nitrogen and oxygen atoms in total. The van der Waals surface area contributed by atoms with Gasteiger partial charge in [-0.05, 0) is 25.1 Å². The highest BCUT2D eigenvalue weighted by Gasteiger charge is 2.09. The quantitative estimate of drug-likeness (QED) is 0.810. The van der Waals surface area contributed by atoms with Crippen LogP contribution in [0.15, 0.2) is 42.7 Å². The second-order valence-electron chi connectivity index (χ2n) is 4.76. The molecule has 2 rings (SSSR count). The third-order valence-corrected chi connectivity index (χ3v) is 3.01. The second kappa shape index (κ2) is 7.44. The first-order chi connectivity index (χ1) is 10.2. The van der Waals surface area contributed by atoms with Crippen LogP contribution in [-0.2, 0) is 11.3 Å². The van der Waals surface area contributed by atoms with E-state index in [1.54, 1.807) is 13.3 Å². The minimum absolute atomic E-state index is 0.105. The summed E-state index contributed by atoms with van der Waals surface area (Å²) in [6.45, 7) is 2.97. The molecule has 1 aromatic heterocycles. The molecule has 21 heavy (non-hydrogen) atoms. The number of para-hydroxylation sites is 2. The molecule has 0 aliphatic heterocycles. The fraction of sp³-hybridized carbons (Fsp3) is 0.333. The highest BCUT2D eigenvalue weighted by atomic mass is 16.5. The number of rotatable bonds is 7. The summed E-state index contributed by atoms with van der Waals surface area (Å²) >= 11 is 0. The maximum Gasteiger partial charge on any atom is 0.238 e. The van der Waals surface area contributed by atoms with E-state index in [4.69, 9.17) is 4.74 Å². The van der Waals surface area contributed by atoms with Gasteiger partial charge in [-0.1, -0.05) is 12.1 Å². The summed E-state index contributed by atoms with van der Waals surface area (Å²) in [5.41, 5.74) is 0.673. The van der Waals surface area contributed by atoms with Gasteiger partial charge in [0.05, 0.1) is 25.9 Å². The number of nitrogens with one attached hydrogen (secondary N) is 2. The van der Waals surface area contributed by atoms with E-state index in [1.807, 2.05) is 48.1 Å². The molecule has 6 heteroatoms. The van der Waals surface area contributed by atoms with E-state index in [2.05, 4.69) is 15.7 Å². The summed E-state index contributed by atoms with van der Waals surface area (Å²) in [6, 6.07) is 9.35. The molecular formula is C15H20N4O2. The van der Waals surface area contributed by atoms with Gasteiger partial charge in [0.15, 0.2) is 0 Å². The van der Waals surface area contributed by atoms with Crippen LogP contribution in [0.1, 0.15) is 6.92 Å². The van der Waals surface area contributed by atoms with Gasteiger partial charge in [-0.25, -0.2) is 0 Å². The zero-order valence-electron chi connectivity index (χ0n) is 12.2. The Labute approximate surface area is 124 Å². The number of carbonyl (C=O) groups is 1. The molecule has 1 unspecified atom stereocenters. The van der Waals surface area contributed by atoms with E-state index in [9.17, 15) is 4.79 Å². The largest absolute Gasteiger partial charge is 0.495 e. The van der Waals surface area contributed by atoms with E-state index in [-0.39, 0.29) is 18.5 Å². The molecule has 0 aliphatic rings. The number of aromatic nitrogens is 2. The lowest BCUT2D eigenvalue weighted by atomic mass is 10.3. The molecule has 0 bridgehead atoms. The lowest BCUT2D eigenvalue weighted by Gasteiger charge is -2.14. The summed E-state index contributed by atoms with van der Waals surface area (Å²) in [7, 11) is 1.58. The van der Waals surface area contributed by atoms with Gasteiger partial charge in [0, 0.05) is 18.4 Å². The first-order valence-electron chi connectivity index (χ1n) is 6.82. The monoisotopic (exact) mass is 288 g/mol. The summed E-state index contributed by atoms with van der Waals surface area (Å²) in [4.78, 5) is 11.9. The van der Waals surface area contributed by atoms with Crippen LogP contribution in [0.3, 0.4) is 0 Å². The number of ether oxygens (including phenoxy) is 1. The molecule has 2 aromatic rings. The molecule has 1 amide bonds. The van der Waals surface area contributed by atoms with Crippen LogP contribution in [0.5, 0.6) is 5.75 Å². The van der Waals surface area contributed by atoms with Crippen LogP contribution < -0.4 is 15.4 Å². The van der Waals surface area contributed by atoms with Crippen molar-refractivity contribution >= 4 is 11.6 Å². The van der Waals surface area contributed by atoms with Crippen molar-refractivity contribution in [1.82, 2.24) is 15.1 Å². The Morgan fingerprint density at radius 2 is 2.19 bits per heavy atom. The number of benzene rings is 1. The van der Waals surface area contributed by atoms with Gasteiger partial charge in [-0.3, -0.25) is 9.48 Å². The van der Waals surface area contributed by atoms with Crippen LogP contribution in [0, 0.1) is 0 Å². The van der Waals surface area contributed by atoms with Gasteiger partial charge in [0.2, 0.25) is 5.91 Å². The van der Waals surface area contributed by atoms with Crippen LogP contribution in [-0.4, -0.2) is 35.4 Å². The number of nitrogens with zero attached hydrogens (tertiary/aromatic N) is 2. The van der Waals surface area contributed by atoms with Gasteiger partial charge in [-0.15, -0.1) is 0 Å². The lowest BCUT2D eigenvalue weighted by molar-refractivity contribution is -0.115. The van der Waals surface area contributed by atoms with Crippen LogP contribution >= 0.6 is 0 Å². The number of anilines is 1. The molecule has 0 spiro atoms. The highest BCUT2D eigenvalue weighted by Crippen LogP contribution is 2.22. The Morgan fingerprint density at radius 3 is 2.90 bits per heavy atom. The van der Waals surface area contributed by atoms with Crippen LogP contribution in [0.2, 0.25) is 0 Å². The molecule has 0 radical (unpaired) electrons. The normalized spacial score (nSPS) is 11.9. The fourth-order valence-corrected chi connectivity index (χ4v) is 1.96. The topological polar surface area (TPSA) is 68.2 Å². The van der Waals surface area contributed by atoms with Crippen molar-refractivity contribution in [2.45, 2.75) is 19.5 Å². The number of carbonyl (C=O) groups excluding carboxylic acids is 1. The van der Waals surface area contributed by atoms with Gasteiger partial charge < -0.3 is 15.4 Å². The SMILES string of the molecule is COc1ccccc1NC(=O)CNC(C)Cn1cccn1. The fourth-order valence-electron chi connectivity index (χ4n) is 1.96. The zero-order valence-corrected chi connectivity index (χ0v) is 12.2. The average Bonchev–Trinajstić information content (AvgIpc) is 2.98. The van der Waals surface area contributed by atoms with E-state index in [0.29, 0.717) is 11.4 Å². The summed E-state index contributed by atoms with van der Waals surface area (Å²) < 4.78 is 7.02. The Kier molecular flexibility index (Phi) is 5.34. The first kappa shape index (κ1) is 15.1. The predicted molar refractivity (Wildman–Crippen MR) is 81.3 cm³/mol.